The molecule has 0 radical (unpaired) electrons. The smallest absolute Gasteiger partial charge is 0.124 e. The summed E-state index contributed by atoms with van der Waals surface area (Å²) in [5.41, 5.74) is 1.24. The van der Waals surface area contributed by atoms with Gasteiger partial charge in [-0.25, -0.2) is 4.39 Å². The quantitative estimate of drug-likeness (QED) is 0.897. The highest BCUT2D eigenvalue weighted by atomic mass is 19.1. The van der Waals surface area contributed by atoms with Gasteiger partial charge in [0, 0.05) is 6.54 Å². The van der Waals surface area contributed by atoms with Crippen molar-refractivity contribution in [3.8, 4) is 6.07 Å². The third-order valence-corrected chi connectivity index (χ3v) is 4.11. The van der Waals surface area contributed by atoms with Crippen molar-refractivity contribution in [1.29, 1.82) is 5.26 Å². The van der Waals surface area contributed by atoms with Gasteiger partial charge in [0.1, 0.15) is 5.82 Å². The lowest BCUT2D eigenvalue weighted by Crippen LogP contribution is -2.29. The Kier molecular flexibility index (Phi) is 4.93. The average molecular weight is 260 g/mol. The van der Waals surface area contributed by atoms with E-state index in [0.29, 0.717) is 12.1 Å². The molecular weight excluding hydrogens is 239 g/mol. The zero-order valence-corrected chi connectivity index (χ0v) is 11.5. The summed E-state index contributed by atoms with van der Waals surface area (Å²) in [4.78, 5) is 0. The second kappa shape index (κ2) is 6.68. The highest BCUT2D eigenvalue weighted by molar-refractivity contribution is 5.33. The summed E-state index contributed by atoms with van der Waals surface area (Å²) in [5, 5.41) is 12.2. The van der Waals surface area contributed by atoms with Crippen LogP contribution in [0.3, 0.4) is 0 Å². The molecule has 0 aromatic heterocycles. The lowest BCUT2D eigenvalue weighted by atomic mass is 9.80. The lowest BCUT2D eigenvalue weighted by Gasteiger charge is -2.28. The lowest BCUT2D eigenvalue weighted by molar-refractivity contribution is 0.247. The van der Waals surface area contributed by atoms with Gasteiger partial charge < -0.3 is 5.32 Å². The summed E-state index contributed by atoms with van der Waals surface area (Å²) < 4.78 is 13.3. The molecule has 1 aromatic carbocycles. The second-order valence-corrected chi connectivity index (χ2v) is 5.61. The molecule has 1 aromatic rings. The topological polar surface area (TPSA) is 35.8 Å². The Morgan fingerprint density at radius 3 is 2.84 bits per heavy atom. The molecular formula is C16H21FN2. The Morgan fingerprint density at radius 1 is 1.32 bits per heavy atom. The number of nitrogens with one attached hydrogen (secondary N) is 1. The first-order chi connectivity index (χ1) is 9.19. The number of halogens is 1. The van der Waals surface area contributed by atoms with Gasteiger partial charge in [-0.1, -0.05) is 26.2 Å². The van der Waals surface area contributed by atoms with Crippen LogP contribution in [-0.2, 0) is 6.54 Å². The van der Waals surface area contributed by atoms with Crippen molar-refractivity contribution in [2.24, 2.45) is 11.8 Å². The largest absolute Gasteiger partial charge is 0.312 e. The van der Waals surface area contributed by atoms with E-state index in [0.717, 1.165) is 23.9 Å². The molecule has 102 valence electrons. The summed E-state index contributed by atoms with van der Waals surface area (Å²) in [7, 11) is 0. The number of hydrogen-bond acceptors (Lipinski definition) is 2. The van der Waals surface area contributed by atoms with E-state index in [4.69, 9.17) is 5.26 Å². The molecule has 0 spiro atoms. The first kappa shape index (κ1) is 14.0. The standard InChI is InChI=1S/C16H21FN2/c1-12-4-2-3-5-15(12)11-19-10-14-6-13(9-18)7-16(17)8-14/h6-8,12,15,19H,2-5,10-11H2,1H3. The maximum Gasteiger partial charge on any atom is 0.124 e. The molecule has 2 rings (SSSR count). The summed E-state index contributed by atoms with van der Waals surface area (Å²) in [6.45, 7) is 3.94. The van der Waals surface area contributed by atoms with Gasteiger partial charge in [0.25, 0.3) is 0 Å². The maximum atomic E-state index is 13.3. The Morgan fingerprint density at radius 2 is 2.11 bits per heavy atom. The fourth-order valence-electron chi connectivity index (χ4n) is 2.92. The minimum absolute atomic E-state index is 0.332. The molecule has 0 amide bonds. The Labute approximate surface area is 114 Å². The third-order valence-electron chi connectivity index (χ3n) is 4.11. The Bertz CT molecular complexity index is 464. The predicted octanol–water partition coefficient (Wildman–Crippen LogP) is 3.61. The molecule has 2 nitrogen and oxygen atoms in total. The molecule has 1 aliphatic rings. The maximum absolute atomic E-state index is 13.3. The molecule has 1 saturated carbocycles. The Balaban J connectivity index is 1.85. The zero-order chi connectivity index (χ0) is 13.7. The highest BCUT2D eigenvalue weighted by Crippen LogP contribution is 2.28. The summed E-state index contributed by atoms with van der Waals surface area (Å²) >= 11 is 0. The number of nitrogens with zero attached hydrogens (tertiary/aromatic N) is 1. The fourth-order valence-corrected chi connectivity index (χ4v) is 2.92. The van der Waals surface area contributed by atoms with Gasteiger partial charge in [-0.05, 0) is 48.6 Å². The van der Waals surface area contributed by atoms with Crippen LogP contribution >= 0.6 is 0 Å². The minimum Gasteiger partial charge on any atom is -0.312 e. The summed E-state index contributed by atoms with van der Waals surface area (Å²) in [5.74, 6) is 1.18. The molecule has 2 atom stereocenters. The predicted molar refractivity (Wildman–Crippen MR) is 73.9 cm³/mol. The molecule has 0 bridgehead atoms. The monoisotopic (exact) mass is 260 g/mol. The number of benzene rings is 1. The summed E-state index contributed by atoms with van der Waals surface area (Å²) in [6.07, 6.45) is 5.30. The van der Waals surface area contributed by atoms with Crippen molar-refractivity contribution < 1.29 is 4.39 Å². The fraction of sp³-hybridized carbons (Fsp3) is 0.562. The van der Waals surface area contributed by atoms with Gasteiger partial charge in [-0.15, -0.1) is 0 Å². The van der Waals surface area contributed by atoms with E-state index >= 15 is 0 Å². The van der Waals surface area contributed by atoms with Gasteiger partial charge in [0.15, 0.2) is 0 Å². The Hall–Kier alpha value is -1.40. The van der Waals surface area contributed by atoms with Gasteiger partial charge in [0.05, 0.1) is 11.6 Å². The molecule has 1 N–H and O–H groups in total. The SMILES string of the molecule is CC1CCCCC1CNCc1cc(F)cc(C#N)c1. The van der Waals surface area contributed by atoms with Crippen LogP contribution in [0.2, 0.25) is 0 Å². The molecule has 19 heavy (non-hydrogen) atoms. The molecule has 3 heteroatoms. The van der Waals surface area contributed by atoms with Crippen LogP contribution < -0.4 is 5.32 Å². The number of rotatable bonds is 4. The molecule has 2 unspecified atom stereocenters. The van der Waals surface area contributed by atoms with E-state index in [9.17, 15) is 4.39 Å². The van der Waals surface area contributed by atoms with Crippen molar-refractivity contribution in [1.82, 2.24) is 5.32 Å². The van der Waals surface area contributed by atoms with E-state index in [-0.39, 0.29) is 5.82 Å². The van der Waals surface area contributed by atoms with Crippen LogP contribution in [-0.4, -0.2) is 6.54 Å². The van der Waals surface area contributed by atoms with E-state index in [1.807, 2.05) is 6.07 Å². The number of nitriles is 1. The van der Waals surface area contributed by atoms with Crippen LogP contribution in [0.15, 0.2) is 18.2 Å². The second-order valence-electron chi connectivity index (χ2n) is 5.61. The molecule has 1 fully saturated rings. The van der Waals surface area contributed by atoms with Crippen molar-refractivity contribution in [3.63, 3.8) is 0 Å². The van der Waals surface area contributed by atoms with Crippen molar-refractivity contribution in [3.05, 3.63) is 35.1 Å². The van der Waals surface area contributed by atoms with E-state index in [1.165, 1.54) is 37.8 Å². The number of hydrogen-bond donors (Lipinski definition) is 1. The molecule has 0 aliphatic heterocycles. The van der Waals surface area contributed by atoms with Crippen LogP contribution in [0.5, 0.6) is 0 Å². The van der Waals surface area contributed by atoms with Crippen LogP contribution in [0.1, 0.15) is 43.7 Å². The van der Waals surface area contributed by atoms with Gasteiger partial charge in [0.2, 0.25) is 0 Å². The average Bonchev–Trinajstić information content (AvgIpc) is 2.40. The molecule has 0 heterocycles. The van der Waals surface area contributed by atoms with E-state index in [2.05, 4.69) is 12.2 Å². The van der Waals surface area contributed by atoms with Crippen LogP contribution in [0, 0.1) is 29.0 Å². The van der Waals surface area contributed by atoms with Gasteiger partial charge in [-0.3, -0.25) is 0 Å². The highest BCUT2D eigenvalue weighted by Gasteiger charge is 2.20. The third kappa shape index (κ3) is 4.04. The first-order valence-electron chi connectivity index (χ1n) is 7.09. The molecule has 1 aliphatic carbocycles. The van der Waals surface area contributed by atoms with Crippen molar-refractivity contribution in [2.75, 3.05) is 6.54 Å². The van der Waals surface area contributed by atoms with Crippen LogP contribution in [0.25, 0.3) is 0 Å². The molecule has 0 saturated heterocycles. The first-order valence-corrected chi connectivity index (χ1v) is 7.09. The van der Waals surface area contributed by atoms with Gasteiger partial charge >= 0.3 is 0 Å². The normalized spacial score (nSPS) is 23.0. The van der Waals surface area contributed by atoms with Gasteiger partial charge in [-0.2, -0.15) is 5.26 Å². The van der Waals surface area contributed by atoms with E-state index < -0.39 is 0 Å². The van der Waals surface area contributed by atoms with Crippen molar-refractivity contribution in [2.45, 2.75) is 39.2 Å². The van der Waals surface area contributed by atoms with Crippen molar-refractivity contribution >= 4 is 0 Å². The minimum atomic E-state index is -0.332. The summed E-state index contributed by atoms with van der Waals surface area (Å²) in [6, 6.07) is 6.51. The van der Waals surface area contributed by atoms with Crippen LogP contribution in [0.4, 0.5) is 4.39 Å². The zero-order valence-electron chi connectivity index (χ0n) is 11.5. The van der Waals surface area contributed by atoms with E-state index in [1.54, 1.807) is 6.07 Å².